The number of allylic oxidation sites excluding steroid dienone is 1. The molecule has 12 nitrogen and oxygen atoms in total. The number of hydrogen-bond acceptors (Lipinski definition) is 10. The van der Waals surface area contributed by atoms with Gasteiger partial charge in [0.1, 0.15) is 6.61 Å². The summed E-state index contributed by atoms with van der Waals surface area (Å²) in [7, 11) is 1.26. The van der Waals surface area contributed by atoms with Gasteiger partial charge in [0.2, 0.25) is 0 Å². The molecule has 2 aromatic rings. The smallest absolute Gasteiger partial charge is 0.337 e. The number of aliphatic hydroxyl groups is 1. The van der Waals surface area contributed by atoms with Gasteiger partial charge in [0.15, 0.2) is 29.2 Å². The van der Waals surface area contributed by atoms with Crippen molar-refractivity contribution in [2.75, 3.05) is 26.9 Å². The SMILES string of the molecule is CCOc1cc([C@@H]2NC(=O)NC(C)=C2C(=O)OC)ccc1OC[C@@H](O)N/N=C\c1cc(Cl)c(O)c(OCC)c1. The molecule has 13 heteroatoms. The van der Waals surface area contributed by atoms with Crippen molar-refractivity contribution in [3.05, 3.63) is 57.8 Å². The molecule has 1 aliphatic rings. The Kier molecular flexibility index (Phi) is 10.2. The van der Waals surface area contributed by atoms with Gasteiger partial charge in [-0.25, -0.2) is 9.59 Å². The summed E-state index contributed by atoms with van der Waals surface area (Å²) in [4.78, 5) is 24.5. The predicted molar refractivity (Wildman–Crippen MR) is 143 cm³/mol. The van der Waals surface area contributed by atoms with Crippen LogP contribution in [0.25, 0.3) is 0 Å². The molecule has 0 saturated carbocycles. The number of aromatic hydroxyl groups is 1. The molecule has 0 unspecified atom stereocenters. The molecule has 0 fully saturated rings. The molecular formula is C26H31ClN4O8. The highest BCUT2D eigenvalue weighted by Gasteiger charge is 2.32. The maximum Gasteiger partial charge on any atom is 0.337 e. The standard InChI is InChI=1S/C26H31ClN4O8/c1-5-37-19-11-16(23-22(25(34)36-4)14(3)29-26(35)30-23)7-8-18(19)39-13-21(32)31-28-12-15-9-17(27)24(33)20(10-15)38-6-2/h7-12,21,23,31-33H,5-6,13H2,1-4H3,(H2,29,30,35)/b28-12-/t21-,23+/m1/s1. The molecule has 0 spiro atoms. The van der Waals surface area contributed by atoms with Crippen molar-refractivity contribution in [1.29, 1.82) is 0 Å². The zero-order valence-electron chi connectivity index (χ0n) is 21.9. The first-order valence-electron chi connectivity index (χ1n) is 12.1. The van der Waals surface area contributed by atoms with Gasteiger partial charge in [-0.2, -0.15) is 5.10 Å². The fraction of sp³-hybridized carbons (Fsp3) is 0.346. The summed E-state index contributed by atoms with van der Waals surface area (Å²) in [6.45, 7) is 5.67. The molecule has 0 aliphatic carbocycles. The lowest BCUT2D eigenvalue weighted by molar-refractivity contribution is -0.136. The van der Waals surface area contributed by atoms with Crippen molar-refractivity contribution in [3.8, 4) is 23.0 Å². The Morgan fingerprint density at radius 2 is 1.87 bits per heavy atom. The first-order chi connectivity index (χ1) is 18.7. The topological polar surface area (TPSA) is 160 Å². The van der Waals surface area contributed by atoms with E-state index in [-0.39, 0.29) is 28.7 Å². The van der Waals surface area contributed by atoms with E-state index < -0.39 is 24.3 Å². The van der Waals surface area contributed by atoms with Crippen LogP contribution in [0.1, 0.15) is 37.9 Å². The second-order valence-corrected chi connectivity index (χ2v) is 8.60. The Morgan fingerprint density at radius 1 is 1.15 bits per heavy atom. The number of phenols is 1. The fourth-order valence-corrected chi connectivity index (χ4v) is 3.97. The maximum absolute atomic E-state index is 12.4. The highest BCUT2D eigenvalue weighted by Crippen LogP contribution is 2.36. The third kappa shape index (κ3) is 7.45. The number of carbonyl (C=O) groups excluding carboxylic acids is 2. The van der Waals surface area contributed by atoms with Gasteiger partial charge in [-0.1, -0.05) is 17.7 Å². The molecule has 2 amide bonds. The molecule has 0 bridgehead atoms. The molecule has 2 aromatic carbocycles. The third-order valence-electron chi connectivity index (χ3n) is 5.46. The van der Waals surface area contributed by atoms with E-state index in [9.17, 15) is 19.8 Å². The van der Waals surface area contributed by atoms with E-state index >= 15 is 0 Å². The molecule has 5 N–H and O–H groups in total. The van der Waals surface area contributed by atoms with E-state index in [1.807, 2.05) is 0 Å². The third-order valence-corrected chi connectivity index (χ3v) is 5.75. The minimum absolute atomic E-state index is 0.103. The molecule has 210 valence electrons. The van der Waals surface area contributed by atoms with Gasteiger partial charge in [-0.05, 0) is 56.2 Å². The molecular weight excluding hydrogens is 532 g/mol. The number of aliphatic hydroxyl groups excluding tert-OH is 1. The van der Waals surface area contributed by atoms with Crippen LogP contribution in [0.15, 0.2) is 46.7 Å². The lowest BCUT2D eigenvalue weighted by Gasteiger charge is -2.28. The molecule has 39 heavy (non-hydrogen) atoms. The first-order valence-corrected chi connectivity index (χ1v) is 12.4. The monoisotopic (exact) mass is 562 g/mol. The van der Waals surface area contributed by atoms with Crippen molar-refractivity contribution in [2.24, 2.45) is 5.10 Å². The number of rotatable bonds is 12. The lowest BCUT2D eigenvalue weighted by atomic mass is 9.95. The molecule has 0 aromatic heterocycles. The molecule has 0 radical (unpaired) electrons. The Labute approximate surface area is 230 Å². The molecule has 1 aliphatic heterocycles. The number of halogens is 1. The quantitative estimate of drug-likeness (QED) is 0.113. The second-order valence-electron chi connectivity index (χ2n) is 8.20. The zero-order valence-corrected chi connectivity index (χ0v) is 22.7. The number of benzene rings is 2. The predicted octanol–water partition coefficient (Wildman–Crippen LogP) is 2.96. The summed E-state index contributed by atoms with van der Waals surface area (Å²) in [6, 6.07) is 6.76. The number of nitrogens with one attached hydrogen (secondary N) is 3. The van der Waals surface area contributed by atoms with Crippen LogP contribution in [-0.2, 0) is 9.53 Å². The zero-order chi connectivity index (χ0) is 28.5. The number of phenolic OH excluding ortho intramolecular Hbond substituents is 1. The summed E-state index contributed by atoms with van der Waals surface area (Å²) < 4.78 is 21.7. The van der Waals surface area contributed by atoms with Crippen molar-refractivity contribution in [1.82, 2.24) is 16.1 Å². The van der Waals surface area contributed by atoms with Crippen LogP contribution in [0.4, 0.5) is 4.79 Å². The number of amides is 2. The average molecular weight is 563 g/mol. The van der Waals surface area contributed by atoms with Crippen molar-refractivity contribution in [2.45, 2.75) is 33.0 Å². The number of nitrogens with zero attached hydrogens (tertiary/aromatic N) is 1. The number of esters is 1. The normalized spacial score (nSPS) is 15.8. The summed E-state index contributed by atoms with van der Waals surface area (Å²) in [5.41, 5.74) is 4.29. The minimum atomic E-state index is -1.19. The Hall–Kier alpha value is -4.16. The summed E-state index contributed by atoms with van der Waals surface area (Å²) in [5.74, 6) is 0.154. The highest BCUT2D eigenvalue weighted by molar-refractivity contribution is 6.32. The van der Waals surface area contributed by atoms with Gasteiger partial charge in [-0.3, -0.25) is 5.43 Å². The number of hydrogen-bond donors (Lipinski definition) is 5. The number of carbonyl (C=O) groups is 2. The number of ether oxygens (including phenoxy) is 4. The van der Waals surface area contributed by atoms with Gasteiger partial charge in [0, 0.05) is 5.70 Å². The van der Waals surface area contributed by atoms with Crippen LogP contribution >= 0.6 is 11.6 Å². The average Bonchev–Trinajstić information content (AvgIpc) is 2.90. The van der Waals surface area contributed by atoms with E-state index in [0.29, 0.717) is 41.5 Å². The molecule has 1 heterocycles. The van der Waals surface area contributed by atoms with Gasteiger partial charge in [0.25, 0.3) is 0 Å². The van der Waals surface area contributed by atoms with E-state index in [4.69, 9.17) is 30.5 Å². The minimum Gasteiger partial charge on any atom is -0.503 e. The first kappa shape index (κ1) is 29.4. The molecule has 0 saturated heterocycles. The van der Waals surface area contributed by atoms with Gasteiger partial charge >= 0.3 is 12.0 Å². The summed E-state index contributed by atoms with van der Waals surface area (Å²) >= 11 is 6.02. The second kappa shape index (κ2) is 13.6. The Balaban J connectivity index is 1.70. The van der Waals surface area contributed by atoms with Gasteiger partial charge < -0.3 is 39.8 Å². The van der Waals surface area contributed by atoms with Crippen molar-refractivity contribution < 1.29 is 38.7 Å². The Morgan fingerprint density at radius 3 is 2.56 bits per heavy atom. The van der Waals surface area contributed by atoms with Crippen LogP contribution < -0.4 is 30.3 Å². The van der Waals surface area contributed by atoms with Crippen LogP contribution in [-0.4, -0.2) is 61.6 Å². The van der Waals surface area contributed by atoms with Crippen molar-refractivity contribution >= 4 is 29.8 Å². The molecule has 3 rings (SSSR count). The number of hydrazone groups is 1. The lowest BCUT2D eigenvalue weighted by Crippen LogP contribution is -2.45. The number of methoxy groups -OCH3 is 1. The maximum atomic E-state index is 12.4. The molecule has 2 atom stereocenters. The highest BCUT2D eigenvalue weighted by atomic mass is 35.5. The summed E-state index contributed by atoms with van der Waals surface area (Å²) in [5, 5.41) is 29.6. The van der Waals surface area contributed by atoms with E-state index in [1.54, 1.807) is 45.0 Å². The number of urea groups is 1. The van der Waals surface area contributed by atoms with Crippen LogP contribution in [0.5, 0.6) is 23.0 Å². The largest absolute Gasteiger partial charge is 0.503 e. The van der Waals surface area contributed by atoms with E-state index in [2.05, 4.69) is 21.2 Å². The van der Waals surface area contributed by atoms with E-state index in [0.717, 1.165) is 0 Å². The fourth-order valence-electron chi connectivity index (χ4n) is 3.75. The van der Waals surface area contributed by atoms with Gasteiger partial charge in [-0.15, -0.1) is 0 Å². The van der Waals surface area contributed by atoms with E-state index in [1.165, 1.54) is 19.4 Å². The van der Waals surface area contributed by atoms with Crippen LogP contribution in [0.2, 0.25) is 5.02 Å². The van der Waals surface area contributed by atoms with Gasteiger partial charge in [0.05, 0.1) is 43.2 Å². The van der Waals surface area contributed by atoms with Crippen LogP contribution in [0.3, 0.4) is 0 Å². The van der Waals surface area contributed by atoms with Crippen molar-refractivity contribution in [3.63, 3.8) is 0 Å². The van der Waals surface area contributed by atoms with Crippen LogP contribution in [0, 0.1) is 0 Å². The Bertz CT molecular complexity index is 1270. The summed E-state index contributed by atoms with van der Waals surface area (Å²) in [6.07, 6.45) is 0.216.